The van der Waals surface area contributed by atoms with Crippen LogP contribution >= 0.6 is 11.8 Å². The first-order chi connectivity index (χ1) is 14.4. The number of rotatable bonds is 5. The molecule has 2 aliphatic rings. The van der Waals surface area contributed by atoms with Crippen LogP contribution in [0.4, 0.5) is 0 Å². The number of carbonyl (C=O) groups excluding carboxylic acids is 3. The molecule has 0 bridgehead atoms. The summed E-state index contributed by atoms with van der Waals surface area (Å²) in [5.74, 6) is -1.18. The van der Waals surface area contributed by atoms with Crippen LogP contribution in [0.2, 0.25) is 0 Å². The van der Waals surface area contributed by atoms with Gasteiger partial charge in [-0.05, 0) is 25.0 Å². The van der Waals surface area contributed by atoms with Crippen molar-refractivity contribution in [3.05, 3.63) is 71.8 Å². The predicted molar refractivity (Wildman–Crippen MR) is 115 cm³/mol. The predicted octanol–water partition coefficient (Wildman–Crippen LogP) is 3.00. The summed E-state index contributed by atoms with van der Waals surface area (Å²) in [7, 11) is 0. The summed E-state index contributed by atoms with van der Waals surface area (Å²) in [6, 6.07) is 18.0. The van der Waals surface area contributed by atoms with E-state index in [1.165, 1.54) is 16.7 Å². The number of aliphatic imine (C=N–C) groups is 1. The normalized spacial score (nSPS) is 23.1. The quantitative estimate of drug-likeness (QED) is 0.547. The molecule has 0 aliphatic carbocycles. The SMILES string of the molecule is CC1(C)S[C@@H]2C(=NC(=O)Cc3ccccc3)C(=O)N2[C@H]1C(=O)OCc1ccccc1. The minimum absolute atomic E-state index is 0.140. The van der Waals surface area contributed by atoms with Crippen LogP contribution < -0.4 is 0 Å². The molecule has 2 fully saturated rings. The summed E-state index contributed by atoms with van der Waals surface area (Å²) < 4.78 is 4.94. The van der Waals surface area contributed by atoms with Crippen LogP contribution in [-0.4, -0.2) is 44.6 Å². The van der Waals surface area contributed by atoms with Gasteiger partial charge in [-0.3, -0.25) is 9.59 Å². The van der Waals surface area contributed by atoms with Gasteiger partial charge in [0.2, 0.25) is 0 Å². The second kappa shape index (κ2) is 8.07. The Labute approximate surface area is 179 Å². The fourth-order valence-electron chi connectivity index (χ4n) is 3.71. The van der Waals surface area contributed by atoms with Gasteiger partial charge in [0.25, 0.3) is 11.8 Å². The topological polar surface area (TPSA) is 76.0 Å². The molecule has 6 nitrogen and oxygen atoms in total. The molecule has 7 heteroatoms. The maximum atomic E-state index is 12.8. The number of benzene rings is 2. The number of hydrogen-bond acceptors (Lipinski definition) is 5. The molecule has 0 radical (unpaired) electrons. The Morgan fingerprint density at radius 2 is 1.63 bits per heavy atom. The third-order valence-electron chi connectivity index (χ3n) is 5.18. The van der Waals surface area contributed by atoms with E-state index >= 15 is 0 Å². The van der Waals surface area contributed by atoms with Gasteiger partial charge in [0.05, 0.1) is 6.42 Å². The first-order valence-electron chi connectivity index (χ1n) is 9.73. The van der Waals surface area contributed by atoms with E-state index in [0.29, 0.717) is 0 Å². The molecule has 2 aromatic rings. The third-order valence-corrected chi connectivity index (χ3v) is 6.69. The number of amides is 2. The smallest absolute Gasteiger partial charge is 0.330 e. The lowest BCUT2D eigenvalue weighted by Gasteiger charge is -2.38. The third kappa shape index (κ3) is 3.89. The van der Waals surface area contributed by atoms with Crippen LogP contribution in [0.3, 0.4) is 0 Å². The summed E-state index contributed by atoms with van der Waals surface area (Å²) in [4.78, 5) is 43.4. The fourth-order valence-corrected chi connectivity index (χ4v) is 5.23. The van der Waals surface area contributed by atoms with Gasteiger partial charge in [0, 0.05) is 4.75 Å². The number of fused-ring (bicyclic) bond motifs is 1. The van der Waals surface area contributed by atoms with Crippen LogP contribution in [0.15, 0.2) is 65.7 Å². The summed E-state index contributed by atoms with van der Waals surface area (Å²) in [6.07, 6.45) is 0.140. The van der Waals surface area contributed by atoms with E-state index in [9.17, 15) is 14.4 Å². The monoisotopic (exact) mass is 422 g/mol. The highest BCUT2D eigenvalue weighted by atomic mass is 32.2. The Morgan fingerprint density at radius 1 is 1.03 bits per heavy atom. The molecule has 2 amide bonds. The second-order valence-corrected chi connectivity index (χ2v) is 9.57. The number of carbonyl (C=O) groups is 3. The molecular formula is C23H22N2O4S. The molecule has 2 heterocycles. The molecular weight excluding hydrogens is 400 g/mol. The first kappa shape index (κ1) is 20.3. The Balaban J connectivity index is 1.45. The molecule has 30 heavy (non-hydrogen) atoms. The molecule has 0 aromatic heterocycles. The van der Waals surface area contributed by atoms with E-state index in [1.54, 1.807) is 0 Å². The van der Waals surface area contributed by atoms with Crippen LogP contribution in [0, 0.1) is 0 Å². The highest BCUT2D eigenvalue weighted by Gasteiger charge is 2.63. The van der Waals surface area contributed by atoms with Crippen LogP contribution in [0.25, 0.3) is 0 Å². The molecule has 2 aliphatic heterocycles. The average Bonchev–Trinajstić information content (AvgIpc) is 2.99. The molecule has 0 saturated carbocycles. The van der Waals surface area contributed by atoms with Crippen molar-refractivity contribution < 1.29 is 19.1 Å². The Hall–Kier alpha value is -2.93. The van der Waals surface area contributed by atoms with Crippen molar-refractivity contribution in [3.63, 3.8) is 0 Å². The van der Waals surface area contributed by atoms with E-state index in [0.717, 1.165) is 11.1 Å². The molecule has 2 aromatic carbocycles. The molecule has 0 N–H and O–H groups in total. The largest absolute Gasteiger partial charge is 0.459 e. The van der Waals surface area contributed by atoms with Crippen molar-refractivity contribution in [3.8, 4) is 0 Å². The molecule has 4 rings (SSSR count). The summed E-state index contributed by atoms with van der Waals surface area (Å²) >= 11 is 1.46. The van der Waals surface area contributed by atoms with E-state index < -0.39 is 22.1 Å². The maximum absolute atomic E-state index is 12.8. The Morgan fingerprint density at radius 3 is 2.27 bits per heavy atom. The highest BCUT2D eigenvalue weighted by molar-refractivity contribution is 8.02. The van der Waals surface area contributed by atoms with Crippen LogP contribution in [-0.2, 0) is 32.1 Å². The van der Waals surface area contributed by atoms with Crippen LogP contribution in [0.5, 0.6) is 0 Å². The summed E-state index contributed by atoms with van der Waals surface area (Å²) in [6.45, 7) is 3.96. The lowest BCUT2D eigenvalue weighted by atomic mass is 9.97. The first-order valence-corrected chi connectivity index (χ1v) is 10.6. The minimum atomic E-state index is -0.716. The van der Waals surface area contributed by atoms with E-state index in [1.807, 2.05) is 74.5 Å². The second-order valence-electron chi connectivity index (χ2n) is 7.84. The maximum Gasteiger partial charge on any atom is 0.330 e. The van der Waals surface area contributed by atoms with Gasteiger partial charge in [-0.1, -0.05) is 60.7 Å². The van der Waals surface area contributed by atoms with Crippen molar-refractivity contribution in [1.82, 2.24) is 4.90 Å². The standard InChI is InChI=1S/C23H22N2O4S/c1-23(2)19(22(28)29-14-16-11-7-4-8-12-16)25-20(27)18(21(25)30-23)24-17(26)13-15-9-5-3-6-10-15/h3-12,19,21H,13-14H2,1-2H3/t19-,21+/m0/s1. The molecule has 2 atom stereocenters. The van der Waals surface area contributed by atoms with Gasteiger partial charge in [-0.2, -0.15) is 0 Å². The number of β-lactam (4-membered cyclic amide) rings is 1. The minimum Gasteiger partial charge on any atom is -0.459 e. The van der Waals surface area contributed by atoms with E-state index in [2.05, 4.69) is 4.99 Å². The Bertz CT molecular complexity index is 1000. The van der Waals surface area contributed by atoms with E-state index in [-0.39, 0.29) is 30.6 Å². The van der Waals surface area contributed by atoms with Gasteiger partial charge in [0.1, 0.15) is 23.7 Å². The fraction of sp³-hybridized carbons (Fsp3) is 0.304. The van der Waals surface area contributed by atoms with Crippen molar-refractivity contribution in [2.24, 2.45) is 4.99 Å². The van der Waals surface area contributed by atoms with Gasteiger partial charge >= 0.3 is 5.97 Å². The zero-order valence-electron chi connectivity index (χ0n) is 16.8. The van der Waals surface area contributed by atoms with Gasteiger partial charge in [-0.15, -0.1) is 11.8 Å². The molecule has 154 valence electrons. The lowest BCUT2D eigenvalue weighted by molar-refractivity contribution is -0.156. The zero-order valence-corrected chi connectivity index (χ0v) is 17.6. The summed E-state index contributed by atoms with van der Waals surface area (Å²) in [5, 5.41) is -0.401. The Kier molecular flexibility index (Phi) is 5.47. The number of esters is 1. The number of hydrogen-bond donors (Lipinski definition) is 0. The van der Waals surface area contributed by atoms with Gasteiger partial charge in [-0.25, -0.2) is 9.79 Å². The van der Waals surface area contributed by atoms with Crippen molar-refractivity contribution in [2.45, 2.75) is 43.0 Å². The van der Waals surface area contributed by atoms with Gasteiger partial charge in [0.15, 0.2) is 0 Å². The highest BCUT2D eigenvalue weighted by Crippen LogP contribution is 2.50. The molecule has 0 spiro atoms. The zero-order chi connectivity index (χ0) is 21.3. The molecule has 0 unspecified atom stereocenters. The summed E-state index contributed by atoms with van der Waals surface area (Å²) in [5.41, 5.74) is 1.94. The van der Waals surface area contributed by atoms with Crippen molar-refractivity contribution >= 4 is 35.3 Å². The molecule has 2 saturated heterocycles. The van der Waals surface area contributed by atoms with Crippen molar-refractivity contribution in [1.29, 1.82) is 0 Å². The number of thioether (sulfide) groups is 1. The van der Waals surface area contributed by atoms with Crippen LogP contribution in [0.1, 0.15) is 25.0 Å². The van der Waals surface area contributed by atoms with Crippen molar-refractivity contribution in [2.75, 3.05) is 0 Å². The number of nitrogens with zero attached hydrogens (tertiary/aromatic N) is 2. The van der Waals surface area contributed by atoms with E-state index in [4.69, 9.17) is 4.74 Å². The average molecular weight is 423 g/mol. The van der Waals surface area contributed by atoms with Gasteiger partial charge < -0.3 is 9.64 Å². The number of ether oxygens (including phenoxy) is 1. The lowest BCUT2D eigenvalue weighted by Crippen LogP contribution is -2.63.